The maximum absolute atomic E-state index is 6.95. The number of allylic oxidation sites excluding steroid dienone is 8. The summed E-state index contributed by atoms with van der Waals surface area (Å²) in [6, 6.07) is 0. The second-order valence-corrected chi connectivity index (χ2v) is 15.8. The van der Waals surface area contributed by atoms with E-state index in [1.807, 2.05) is 0 Å². The van der Waals surface area contributed by atoms with Crippen LogP contribution in [0.25, 0.3) is 0 Å². The summed E-state index contributed by atoms with van der Waals surface area (Å²) in [5.74, 6) is 0.437. The number of nitrogens with zero attached hydrogens (tertiary/aromatic N) is 1. The third-order valence-corrected chi connectivity index (χ3v) is 10.7. The number of unbranched alkanes of at least 4 members (excludes halogenated alkanes) is 18. The Labute approximate surface area is 306 Å². The highest BCUT2D eigenvalue weighted by Gasteiger charge is 2.48. The molecule has 0 bridgehead atoms. The van der Waals surface area contributed by atoms with Crippen molar-refractivity contribution in [2.45, 2.75) is 218 Å². The molecular weight excluding hydrogens is 599 g/mol. The summed E-state index contributed by atoms with van der Waals surface area (Å²) < 4.78 is 13.8. The summed E-state index contributed by atoms with van der Waals surface area (Å²) in [7, 11) is 4.42. The van der Waals surface area contributed by atoms with Crippen LogP contribution in [-0.2, 0) is 9.47 Å². The molecule has 0 spiro atoms. The lowest BCUT2D eigenvalue weighted by Crippen LogP contribution is -2.35. The molecule has 3 heteroatoms. The summed E-state index contributed by atoms with van der Waals surface area (Å²) in [6.07, 6.45) is 56.5. The predicted octanol–water partition coefficient (Wildman–Crippen LogP) is 14.2. The molecule has 0 aromatic carbocycles. The van der Waals surface area contributed by atoms with Gasteiger partial charge in [0.05, 0.1) is 12.2 Å². The topological polar surface area (TPSA) is 21.7 Å². The highest BCUT2D eigenvalue weighted by Crippen LogP contribution is 2.44. The quantitative estimate of drug-likeness (QED) is 0.0521. The first-order valence-corrected chi connectivity index (χ1v) is 21.7. The molecule has 49 heavy (non-hydrogen) atoms. The number of ether oxygens (including phenoxy) is 2. The standard InChI is InChI=1S/C46H83NO2/c1-5-7-9-11-13-15-17-19-21-23-25-27-29-31-33-35-39-46(48-44-38-37-43(42-47(3)4)41-45(44)49-46)40-36-34-32-30-28-26-24-22-20-18-16-14-12-10-8-6-2/h13-16,19-22,43-45H,5-12,17-18,23-42H2,1-4H3/b15-13-,16-14-,21-19-,22-20-/t43?,44-,45+/m1/s1. The molecule has 1 saturated heterocycles. The van der Waals surface area contributed by atoms with Gasteiger partial charge in [-0.3, -0.25) is 0 Å². The van der Waals surface area contributed by atoms with E-state index in [9.17, 15) is 0 Å². The third-order valence-electron chi connectivity index (χ3n) is 10.7. The van der Waals surface area contributed by atoms with Crippen molar-refractivity contribution in [3.8, 4) is 0 Å². The van der Waals surface area contributed by atoms with E-state index >= 15 is 0 Å². The van der Waals surface area contributed by atoms with Gasteiger partial charge in [-0.1, -0.05) is 140 Å². The summed E-state index contributed by atoms with van der Waals surface area (Å²) in [6.45, 7) is 5.72. The van der Waals surface area contributed by atoms with Gasteiger partial charge in [0, 0.05) is 19.4 Å². The molecule has 284 valence electrons. The number of fused-ring (bicyclic) bond motifs is 1. The SMILES string of the molecule is CCCCC/C=C\C/C=C\CCCCCCCCC1(CCCCCCCC/C=C\C/C=C\CCCCC)O[C@H]2CC(CN(C)C)CC[C@H]2O1. The Morgan fingerprint density at radius 3 is 1.35 bits per heavy atom. The van der Waals surface area contributed by atoms with Crippen LogP contribution >= 0.6 is 0 Å². The fourth-order valence-corrected chi connectivity index (χ4v) is 7.83. The normalized spacial score (nSPS) is 21.0. The van der Waals surface area contributed by atoms with E-state index in [-0.39, 0.29) is 5.79 Å². The summed E-state index contributed by atoms with van der Waals surface area (Å²) in [5, 5.41) is 0. The Bertz CT molecular complexity index is 809. The monoisotopic (exact) mass is 682 g/mol. The maximum Gasteiger partial charge on any atom is 0.169 e. The molecule has 0 aromatic heterocycles. The van der Waals surface area contributed by atoms with E-state index in [2.05, 4.69) is 81.5 Å². The van der Waals surface area contributed by atoms with Gasteiger partial charge in [0.25, 0.3) is 0 Å². The first-order valence-electron chi connectivity index (χ1n) is 21.7. The van der Waals surface area contributed by atoms with E-state index in [1.54, 1.807) is 0 Å². The van der Waals surface area contributed by atoms with E-state index < -0.39 is 0 Å². The van der Waals surface area contributed by atoms with Crippen LogP contribution in [0.4, 0.5) is 0 Å². The largest absolute Gasteiger partial charge is 0.344 e. The fourth-order valence-electron chi connectivity index (χ4n) is 7.83. The highest BCUT2D eigenvalue weighted by molar-refractivity contribution is 4.94. The molecule has 0 aromatic rings. The van der Waals surface area contributed by atoms with E-state index in [0.29, 0.717) is 12.2 Å². The van der Waals surface area contributed by atoms with Crippen LogP contribution in [0.2, 0.25) is 0 Å². The molecule has 1 aliphatic carbocycles. The first kappa shape index (κ1) is 44.0. The molecule has 0 N–H and O–H groups in total. The molecule has 1 unspecified atom stereocenters. The molecule has 2 fully saturated rings. The molecule has 1 heterocycles. The minimum absolute atomic E-state index is 0.313. The highest BCUT2D eigenvalue weighted by atomic mass is 16.8. The molecule has 2 rings (SSSR count). The molecule has 1 aliphatic heterocycles. The number of hydrogen-bond acceptors (Lipinski definition) is 3. The van der Waals surface area contributed by atoms with Crippen molar-refractivity contribution in [2.24, 2.45) is 5.92 Å². The lowest BCUT2D eigenvalue weighted by Gasteiger charge is -2.31. The zero-order chi connectivity index (χ0) is 35.1. The van der Waals surface area contributed by atoms with Crippen LogP contribution in [0, 0.1) is 5.92 Å². The third kappa shape index (κ3) is 23.1. The van der Waals surface area contributed by atoms with Crippen molar-refractivity contribution in [2.75, 3.05) is 20.6 Å². The Balaban J connectivity index is 1.61. The van der Waals surface area contributed by atoms with Crippen LogP contribution in [0.5, 0.6) is 0 Å². The minimum Gasteiger partial charge on any atom is -0.344 e. The van der Waals surface area contributed by atoms with Crippen LogP contribution in [0.15, 0.2) is 48.6 Å². The van der Waals surface area contributed by atoms with Gasteiger partial charge in [-0.15, -0.1) is 0 Å². The lowest BCUT2D eigenvalue weighted by atomic mass is 9.85. The van der Waals surface area contributed by atoms with Crippen LogP contribution in [-0.4, -0.2) is 43.5 Å². The zero-order valence-corrected chi connectivity index (χ0v) is 33.3. The van der Waals surface area contributed by atoms with Crippen molar-refractivity contribution < 1.29 is 9.47 Å². The second kappa shape index (κ2) is 30.5. The van der Waals surface area contributed by atoms with Gasteiger partial charge in [-0.05, 0) is 116 Å². The maximum atomic E-state index is 6.95. The van der Waals surface area contributed by atoms with E-state index in [0.717, 1.165) is 31.6 Å². The molecule has 3 atom stereocenters. The Morgan fingerprint density at radius 2 is 0.898 bits per heavy atom. The zero-order valence-electron chi connectivity index (χ0n) is 33.3. The fraction of sp³-hybridized carbons (Fsp3) is 0.826. The van der Waals surface area contributed by atoms with Crippen LogP contribution in [0.3, 0.4) is 0 Å². The summed E-state index contributed by atoms with van der Waals surface area (Å²) in [4.78, 5) is 2.35. The Morgan fingerprint density at radius 1 is 0.490 bits per heavy atom. The van der Waals surface area contributed by atoms with Gasteiger partial charge in [0.1, 0.15) is 0 Å². The summed E-state index contributed by atoms with van der Waals surface area (Å²) in [5.41, 5.74) is 0. The summed E-state index contributed by atoms with van der Waals surface area (Å²) >= 11 is 0. The van der Waals surface area contributed by atoms with E-state index in [4.69, 9.17) is 9.47 Å². The van der Waals surface area contributed by atoms with Gasteiger partial charge in [0.15, 0.2) is 5.79 Å². The minimum atomic E-state index is -0.313. The van der Waals surface area contributed by atoms with Crippen LogP contribution in [0.1, 0.15) is 200 Å². The average Bonchev–Trinajstić information content (AvgIpc) is 3.45. The van der Waals surface area contributed by atoms with E-state index in [1.165, 1.54) is 167 Å². The Kier molecular flexibility index (Phi) is 27.4. The smallest absolute Gasteiger partial charge is 0.169 e. The first-order chi connectivity index (χ1) is 24.1. The number of hydrogen-bond donors (Lipinski definition) is 0. The van der Waals surface area contributed by atoms with Gasteiger partial charge in [0.2, 0.25) is 0 Å². The van der Waals surface area contributed by atoms with Gasteiger partial charge < -0.3 is 14.4 Å². The number of rotatable bonds is 32. The molecule has 2 aliphatic rings. The van der Waals surface area contributed by atoms with Crippen molar-refractivity contribution in [1.29, 1.82) is 0 Å². The van der Waals surface area contributed by atoms with Crippen molar-refractivity contribution in [1.82, 2.24) is 4.90 Å². The van der Waals surface area contributed by atoms with Crippen LogP contribution < -0.4 is 0 Å². The Hall–Kier alpha value is -1.16. The lowest BCUT2D eigenvalue weighted by molar-refractivity contribution is -0.186. The van der Waals surface area contributed by atoms with Gasteiger partial charge in [-0.25, -0.2) is 0 Å². The molecular formula is C46H83NO2. The molecule has 1 saturated carbocycles. The van der Waals surface area contributed by atoms with Crippen molar-refractivity contribution >= 4 is 0 Å². The van der Waals surface area contributed by atoms with Crippen molar-refractivity contribution in [3.05, 3.63) is 48.6 Å². The molecule has 0 amide bonds. The van der Waals surface area contributed by atoms with Gasteiger partial charge in [-0.2, -0.15) is 0 Å². The average molecular weight is 682 g/mol. The predicted molar refractivity (Wildman–Crippen MR) is 216 cm³/mol. The molecule has 0 radical (unpaired) electrons. The van der Waals surface area contributed by atoms with Gasteiger partial charge >= 0.3 is 0 Å². The second-order valence-electron chi connectivity index (χ2n) is 15.8. The van der Waals surface area contributed by atoms with Crippen molar-refractivity contribution in [3.63, 3.8) is 0 Å². The molecule has 3 nitrogen and oxygen atoms in total.